The zero-order chi connectivity index (χ0) is 22.4. The number of rotatable bonds is 4. The number of piperidine rings is 1. The predicted molar refractivity (Wildman–Crippen MR) is 122 cm³/mol. The lowest BCUT2D eigenvalue weighted by Gasteiger charge is -2.26. The summed E-state index contributed by atoms with van der Waals surface area (Å²) in [6.07, 6.45) is 2.92. The SMILES string of the molecule is O=C(N[C@@H]1CCn2c1c(O)n(-c1ccc(N3CCCCC3=O)cc1)c2=O)c1ccc(Cl)s1. The van der Waals surface area contributed by atoms with Gasteiger partial charge in [-0.1, -0.05) is 11.6 Å². The first kappa shape index (κ1) is 20.8. The van der Waals surface area contributed by atoms with Crippen LogP contribution in [0.4, 0.5) is 5.69 Å². The van der Waals surface area contributed by atoms with Crippen LogP contribution < -0.4 is 15.9 Å². The van der Waals surface area contributed by atoms with E-state index in [9.17, 15) is 19.5 Å². The van der Waals surface area contributed by atoms with Crippen LogP contribution in [0.1, 0.15) is 47.1 Å². The molecule has 10 heteroatoms. The normalized spacial score (nSPS) is 18.1. The Morgan fingerprint density at radius 2 is 1.81 bits per heavy atom. The fourth-order valence-electron chi connectivity index (χ4n) is 4.40. The number of fused-ring (bicyclic) bond motifs is 1. The van der Waals surface area contributed by atoms with Crippen LogP contribution >= 0.6 is 22.9 Å². The van der Waals surface area contributed by atoms with Gasteiger partial charge in [-0.25, -0.2) is 9.36 Å². The van der Waals surface area contributed by atoms with Gasteiger partial charge in [-0.3, -0.25) is 14.2 Å². The fraction of sp³-hybridized carbons (Fsp3) is 0.318. The van der Waals surface area contributed by atoms with Crippen molar-refractivity contribution in [2.75, 3.05) is 11.4 Å². The quantitative estimate of drug-likeness (QED) is 0.607. The number of carbonyl (C=O) groups is 2. The van der Waals surface area contributed by atoms with Gasteiger partial charge in [0.2, 0.25) is 11.8 Å². The molecule has 8 nitrogen and oxygen atoms in total. The van der Waals surface area contributed by atoms with Crippen molar-refractivity contribution >= 4 is 40.4 Å². The average molecular weight is 473 g/mol. The summed E-state index contributed by atoms with van der Waals surface area (Å²) in [5.74, 6) is -0.392. The number of aromatic hydroxyl groups is 1. The van der Waals surface area contributed by atoms with E-state index in [0.29, 0.717) is 46.5 Å². The molecule has 166 valence electrons. The fourth-order valence-corrected chi connectivity index (χ4v) is 5.35. The van der Waals surface area contributed by atoms with Gasteiger partial charge in [0, 0.05) is 25.2 Å². The van der Waals surface area contributed by atoms with Gasteiger partial charge in [0.15, 0.2) is 0 Å². The molecule has 1 atom stereocenters. The van der Waals surface area contributed by atoms with Crippen molar-refractivity contribution in [1.82, 2.24) is 14.5 Å². The highest BCUT2D eigenvalue weighted by molar-refractivity contribution is 7.18. The first-order chi connectivity index (χ1) is 15.4. The molecule has 2 aliphatic heterocycles. The monoisotopic (exact) mass is 472 g/mol. The van der Waals surface area contributed by atoms with Gasteiger partial charge >= 0.3 is 5.69 Å². The van der Waals surface area contributed by atoms with Gasteiger partial charge < -0.3 is 15.3 Å². The molecule has 0 saturated carbocycles. The van der Waals surface area contributed by atoms with E-state index >= 15 is 0 Å². The number of nitrogens with zero attached hydrogens (tertiary/aromatic N) is 3. The van der Waals surface area contributed by atoms with Crippen molar-refractivity contribution in [2.45, 2.75) is 38.3 Å². The Hall–Kier alpha value is -3.04. The number of halogens is 1. The molecule has 0 radical (unpaired) electrons. The third-order valence-corrected chi connectivity index (χ3v) is 7.20. The van der Waals surface area contributed by atoms with E-state index in [4.69, 9.17) is 11.6 Å². The first-order valence-electron chi connectivity index (χ1n) is 10.5. The minimum Gasteiger partial charge on any atom is -0.493 e. The molecule has 2 N–H and O–H groups in total. The number of anilines is 1. The summed E-state index contributed by atoms with van der Waals surface area (Å²) < 4.78 is 3.24. The second-order valence-corrected chi connectivity index (χ2v) is 9.63. The zero-order valence-corrected chi connectivity index (χ0v) is 18.7. The molecule has 4 heterocycles. The molecule has 2 aliphatic rings. The van der Waals surface area contributed by atoms with Crippen molar-refractivity contribution in [1.29, 1.82) is 0 Å². The maximum absolute atomic E-state index is 13.0. The van der Waals surface area contributed by atoms with Crippen molar-refractivity contribution in [3.63, 3.8) is 0 Å². The van der Waals surface area contributed by atoms with E-state index in [0.717, 1.165) is 18.5 Å². The van der Waals surface area contributed by atoms with E-state index in [2.05, 4.69) is 5.32 Å². The Balaban J connectivity index is 1.42. The van der Waals surface area contributed by atoms with Gasteiger partial charge in [-0.15, -0.1) is 11.3 Å². The molecule has 3 aromatic rings. The summed E-state index contributed by atoms with van der Waals surface area (Å²) in [6.45, 7) is 1.08. The van der Waals surface area contributed by atoms with Crippen LogP contribution in [0.2, 0.25) is 4.34 Å². The van der Waals surface area contributed by atoms with Gasteiger partial charge in [-0.2, -0.15) is 0 Å². The predicted octanol–water partition coefficient (Wildman–Crippen LogP) is 3.45. The van der Waals surface area contributed by atoms with Crippen molar-refractivity contribution in [3.05, 3.63) is 61.8 Å². The van der Waals surface area contributed by atoms with E-state index in [1.165, 1.54) is 20.5 Å². The zero-order valence-electron chi connectivity index (χ0n) is 17.1. The Labute approximate surface area is 192 Å². The van der Waals surface area contributed by atoms with Gasteiger partial charge in [0.05, 0.1) is 20.9 Å². The summed E-state index contributed by atoms with van der Waals surface area (Å²) in [6, 6.07) is 9.82. The number of thiophene rings is 1. The van der Waals surface area contributed by atoms with Gasteiger partial charge in [0.1, 0.15) is 5.69 Å². The number of nitrogens with one attached hydrogen (secondary N) is 1. The third kappa shape index (κ3) is 3.51. The molecule has 32 heavy (non-hydrogen) atoms. The number of benzene rings is 1. The number of hydrogen-bond acceptors (Lipinski definition) is 5. The highest BCUT2D eigenvalue weighted by Crippen LogP contribution is 2.34. The van der Waals surface area contributed by atoms with Crippen molar-refractivity contribution < 1.29 is 14.7 Å². The number of imidazole rings is 1. The summed E-state index contributed by atoms with van der Waals surface area (Å²) >= 11 is 7.09. The molecule has 0 unspecified atom stereocenters. The first-order valence-corrected chi connectivity index (χ1v) is 11.6. The van der Waals surface area contributed by atoms with E-state index in [-0.39, 0.29) is 23.4 Å². The van der Waals surface area contributed by atoms with Crippen LogP contribution in [-0.4, -0.2) is 32.6 Å². The summed E-state index contributed by atoms with van der Waals surface area (Å²) in [5, 5.41) is 13.8. The maximum Gasteiger partial charge on any atom is 0.335 e. The molecule has 1 fully saturated rings. The van der Waals surface area contributed by atoms with Crippen LogP contribution in [-0.2, 0) is 11.3 Å². The van der Waals surface area contributed by atoms with E-state index < -0.39 is 6.04 Å². The third-order valence-electron chi connectivity index (χ3n) is 5.97. The van der Waals surface area contributed by atoms with Gasteiger partial charge in [-0.05, 0) is 55.7 Å². The van der Waals surface area contributed by atoms with Crippen molar-refractivity contribution in [3.8, 4) is 11.6 Å². The van der Waals surface area contributed by atoms with E-state index in [1.807, 2.05) is 0 Å². The molecule has 5 rings (SSSR count). The highest BCUT2D eigenvalue weighted by atomic mass is 35.5. The topological polar surface area (TPSA) is 96.6 Å². The average Bonchev–Trinajstić information content (AvgIpc) is 3.46. The Kier molecular flexibility index (Phi) is 5.30. The summed E-state index contributed by atoms with van der Waals surface area (Å²) in [7, 11) is 0. The molecule has 0 bridgehead atoms. The molecule has 0 aliphatic carbocycles. The largest absolute Gasteiger partial charge is 0.493 e. The van der Waals surface area contributed by atoms with Crippen LogP contribution in [0.5, 0.6) is 5.88 Å². The smallest absolute Gasteiger partial charge is 0.335 e. The molecule has 1 aromatic carbocycles. The second-order valence-electron chi connectivity index (χ2n) is 7.92. The Morgan fingerprint density at radius 1 is 1.06 bits per heavy atom. The lowest BCUT2D eigenvalue weighted by atomic mass is 10.1. The summed E-state index contributed by atoms with van der Waals surface area (Å²) in [5.41, 5.74) is 1.30. The van der Waals surface area contributed by atoms with Crippen LogP contribution in [0.3, 0.4) is 0 Å². The van der Waals surface area contributed by atoms with Crippen LogP contribution in [0.15, 0.2) is 41.2 Å². The second kappa shape index (κ2) is 8.14. The number of carbonyl (C=O) groups excluding carboxylic acids is 2. The standard InChI is InChI=1S/C22H21ClN4O4S/c23-17-9-8-16(32-17)20(29)24-15-10-12-26-19(15)21(30)27(22(26)31)14-6-4-13(5-7-14)25-11-2-1-3-18(25)28/h4-9,15,30H,1-3,10-12H2,(H,24,29)/t15-/m1/s1. The molecule has 0 spiro atoms. The maximum atomic E-state index is 13.0. The Morgan fingerprint density at radius 3 is 2.50 bits per heavy atom. The molecule has 2 aromatic heterocycles. The number of amides is 2. The minimum absolute atomic E-state index is 0.0949. The van der Waals surface area contributed by atoms with E-state index in [1.54, 1.807) is 41.3 Å². The number of hydrogen-bond donors (Lipinski definition) is 2. The molecular weight excluding hydrogens is 452 g/mol. The van der Waals surface area contributed by atoms with Crippen LogP contribution in [0, 0.1) is 0 Å². The van der Waals surface area contributed by atoms with Crippen LogP contribution in [0.25, 0.3) is 5.69 Å². The molecular formula is C22H21ClN4O4S. The highest BCUT2D eigenvalue weighted by Gasteiger charge is 2.33. The minimum atomic E-state index is -0.484. The molecule has 1 saturated heterocycles. The summed E-state index contributed by atoms with van der Waals surface area (Å²) in [4.78, 5) is 39.9. The Bertz CT molecular complexity index is 1260. The van der Waals surface area contributed by atoms with Gasteiger partial charge in [0.25, 0.3) is 5.91 Å². The molecule has 2 amide bonds. The lowest BCUT2D eigenvalue weighted by Crippen LogP contribution is -2.35. The lowest BCUT2D eigenvalue weighted by molar-refractivity contribution is -0.119. The number of aromatic nitrogens is 2. The van der Waals surface area contributed by atoms with Crippen molar-refractivity contribution in [2.24, 2.45) is 0 Å².